The van der Waals surface area contributed by atoms with Gasteiger partial charge in [0, 0.05) is 11.7 Å². The van der Waals surface area contributed by atoms with Gasteiger partial charge in [0.25, 0.3) is 0 Å². The molecule has 24 heavy (non-hydrogen) atoms. The Labute approximate surface area is 143 Å². The lowest BCUT2D eigenvalue weighted by molar-refractivity contribution is -0.115. The van der Waals surface area contributed by atoms with E-state index in [9.17, 15) is 4.79 Å². The molecule has 0 saturated heterocycles. The number of carbonyl (C=O) groups excluding carboxylic acids is 1. The van der Waals surface area contributed by atoms with Crippen LogP contribution < -0.4 is 15.0 Å². The number of fused-ring (bicyclic) bond motifs is 1. The van der Waals surface area contributed by atoms with Crippen molar-refractivity contribution in [3.63, 3.8) is 0 Å². The highest BCUT2D eigenvalue weighted by molar-refractivity contribution is 5.95. The van der Waals surface area contributed by atoms with E-state index in [1.165, 1.54) is 5.56 Å². The number of nitrogens with zero attached hydrogens (tertiary/aromatic N) is 1. The summed E-state index contributed by atoms with van der Waals surface area (Å²) < 4.78 is 5.77. The predicted molar refractivity (Wildman–Crippen MR) is 97.8 cm³/mol. The van der Waals surface area contributed by atoms with Gasteiger partial charge < -0.3 is 15.0 Å². The van der Waals surface area contributed by atoms with E-state index in [1.54, 1.807) is 0 Å². The third-order valence-corrected chi connectivity index (χ3v) is 4.19. The maximum atomic E-state index is 12.6. The molecule has 1 unspecified atom stereocenters. The predicted octanol–water partition coefficient (Wildman–Crippen LogP) is 3.86. The molecule has 126 valence electrons. The normalized spacial score (nSPS) is 16.2. The van der Waals surface area contributed by atoms with Gasteiger partial charge >= 0.3 is 0 Å². The largest absolute Gasteiger partial charge is 0.489 e. The van der Waals surface area contributed by atoms with Crippen LogP contribution in [0.2, 0.25) is 0 Å². The van der Waals surface area contributed by atoms with Gasteiger partial charge in [-0.3, -0.25) is 4.79 Å². The fourth-order valence-corrected chi connectivity index (χ4v) is 3.14. The highest BCUT2D eigenvalue weighted by atomic mass is 16.5. The summed E-state index contributed by atoms with van der Waals surface area (Å²) in [6.45, 7) is 6.44. The second-order valence-corrected chi connectivity index (χ2v) is 6.52. The molecule has 4 heteroatoms. The average Bonchev–Trinajstić information content (AvgIpc) is 2.85. The third-order valence-electron chi connectivity index (χ3n) is 4.19. The van der Waals surface area contributed by atoms with Gasteiger partial charge in [-0.1, -0.05) is 30.3 Å². The SMILES string of the molecule is CC(C)Oc1ccccc1NC(=O)CN1c2ccccc2CC1C. The number of rotatable bonds is 5. The Hall–Kier alpha value is -2.49. The molecule has 0 radical (unpaired) electrons. The van der Waals surface area contributed by atoms with E-state index < -0.39 is 0 Å². The second kappa shape index (κ2) is 6.95. The van der Waals surface area contributed by atoms with Crippen LogP contribution in [0.3, 0.4) is 0 Å². The van der Waals surface area contributed by atoms with E-state index in [0.29, 0.717) is 18.3 Å². The van der Waals surface area contributed by atoms with Crippen molar-refractivity contribution >= 4 is 17.3 Å². The Balaban J connectivity index is 1.71. The number of ether oxygens (including phenoxy) is 1. The minimum Gasteiger partial charge on any atom is -0.489 e. The fourth-order valence-electron chi connectivity index (χ4n) is 3.14. The first-order valence-corrected chi connectivity index (χ1v) is 8.44. The number of para-hydroxylation sites is 3. The zero-order chi connectivity index (χ0) is 17.1. The van der Waals surface area contributed by atoms with Crippen LogP contribution in [0.1, 0.15) is 26.3 Å². The van der Waals surface area contributed by atoms with E-state index >= 15 is 0 Å². The van der Waals surface area contributed by atoms with Crippen molar-refractivity contribution in [2.75, 3.05) is 16.8 Å². The lowest BCUT2D eigenvalue weighted by Crippen LogP contribution is -2.37. The quantitative estimate of drug-likeness (QED) is 0.908. The van der Waals surface area contributed by atoms with Crippen molar-refractivity contribution < 1.29 is 9.53 Å². The molecule has 2 aromatic rings. The molecule has 2 aromatic carbocycles. The first-order chi connectivity index (χ1) is 11.5. The Kier molecular flexibility index (Phi) is 4.74. The number of hydrogen-bond donors (Lipinski definition) is 1. The molecule has 1 aliphatic rings. The lowest BCUT2D eigenvalue weighted by Gasteiger charge is -2.24. The van der Waals surface area contributed by atoms with E-state index in [-0.39, 0.29) is 12.0 Å². The maximum absolute atomic E-state index is 12.6. The molecule has 1 amide bonds. The smallest absolute Gasteiger partial charge is 0.244 e. The van der Waals surface area contributed by atoms with Crippen molar-refractivity contribution in [2.45, 2.75) is 39.3 Å². The van der Waals surface area contributed by atoms with Gasteiger partial charge in [0.05, 0.1) is 18.3 Å². The van der Waals surface area contributed by atoms with Gasteiger partial charge in [-0.05, 0) is 51.0 Å². The number of anilines is 2. The minimum atomic E-state index is -0.0293. The Bertz CT molecular complexity index is 727. The summed E-state index contributed by atoms with van der Waals surface area (Å²) in [5.41, 5.74) is 3.18. The van der Waals surface area contributed by atoms with Crippen LogP contribution >= 0.6 is 0 Å². The summed E-state index contributed by atoms with van der Waals surface area (Å²) in [6.07, 6.45) is 1.05. The van der Waals surface area contributed by atoms with Crippen LogP contribution in [0.25, 0.3) is 0 Å². The standard InChI is InChI=1S/C20H24N2O2/c1-14(2)24-19-11-7-5-9-17(19)21-20(23)13-22-15(3)12-16-8-4-6-10-18(16)22/h4-11,14-15H,12-13H2,1-3H3,(H,21,23). The maximum Gasteiger partial charge on any atom is 0.244 e. The van der Waals surface area contributed by atoms with E-state index in [1.807, 2.05) is 44.2 Å². The van der Waals surface area contributed by atoms with Gasteiger partial charge in [-0.25, -0.2) is 0 Å². The molecular weight excluding hydrogens is 300 g/mol. The number of benzene rings is 2. The number of carbonyl (C=O) groups is 1. The van der Waals surface area contributed by atoms with Crippen molar-refractivity contribution in [3.8, 4) is 5.75 Å². The average molecular weight is 324 g/mol. The molecule has 1 atom stereocenters. The van der Waals surface area contributed by atoms with Crippen molar-refractivity contribution in [1.82, 2.24) is 0 Å². The topological polar surface area (TPSA) is 41.6 Å². The third kappa shape index (κ3) is 3.53. The zero-order valence-electron chi connectivity index (χ0n) is 14.5. The molecule has 0 spiro atoms. The van der Waals surface area contributed by atoms with Crippen LogP contribution in [0.5, 0.6) is 5.75 Å². The Morgan fingerprint density at radius 1 is 1.21 bits per heavy atom. The molecular formula is C20H24N2O2. The van der Waals surface area contributed by atoms with Crippen molar-refractivity contribution in [1.29, 1.82) is 0 Å². The molecule has 4 nitrogen and oxygen atoms in total. The van der Waals surface area contributed by atoms with Crippen LogP contribution in [0.4, 0.5) is 11.4 Å². The fraction of sp³-hybridized carbons (Fsp3) is 0.350. The van der Waals surface area contributed by atoms with Crippen molar-refractivity contribution in [3.05, 3.63) is 54.1 Å². The van der Waals surface area contributed by atoms with Crippen LogP contribution in [-0.2, 0) is 11.2 Å². The van der Waals surface area contributed by atoms with Gasteiger partial charge in [0.1, 0.15) is 5.75 Å². The molecule has 1 aliphatic heterocycles. The number of hydrogen-bond acceptors (Lipinski definition) is 3. The molecule has 1 N–H and O–H groups in total. The molecule has 0 aliphatic carbocycles. The van der Waals surface area contributed by atoms with Crippen LogP contribution in [-0.4, -0.2) is 24.6 Å². The zero-order valence-corrected chi connectivity index (χ0v) is 14.5. The Morgan fingerprint density at radius 3 is 2.71 bits per heavy atom. The highest BCUT2D eigenvalue weighted by Gasteiger charge is 2.27. The molecule has 3 rings (SSSR count). The molecule has 0 bridgehead atoms. The summed E-state index contributed by atoms with van der Waals surface area (Å²) >= 11 is 0. The van der Waals surface area contributed by atoms with Crippen molar-refractivity contribution in [2.24, 2.45) is 0 Å². The van der Waals surface area contributed by atoms with Gasteiger partial charge in [0.2, 0.25) is 5.91 Å². The van der Waals surface area contributed by atoms with Gasteiger partial charge in [-0.2, -0.15) is 0 Å². The Morgan fingerprint density at radius 2 is 1.92 bits per heavy atom. The summed E-state index contributed by atoms with van der Waals surface area (Å²) in [4.78, 5) is 14.7. The summed E-state index contributed by atoms with van der Waals surface area (Å²) in [7, 11) is 0. The van der Waals surface area contributed by atoms with Gasteiger partial charge in [0.15, 0.2) is 0 Å². The summed E-state index contributed by atoms with van der Waals surface area (Å²) in [6, 6.07) is 16.2. The van der Waals surface area contributed by atoms with Crippen LogP contribution in [0, 0.1) is 0 Å². The minimum absolute atomic E-state index is 0.0293. The monoisotopic (exact) mass is 324 g/mol. The molecule has 1 heterocycles. The molecule has 0 fully saturated rings. The summed E-state index contributed by atoms with van der Waals surface area (Å²) in [5, 5.41) is 2.99. The molecule has 0 saturated carbocycles. The van der Waals surface area contributed by atoms with Crippen LogP contribution in [0.15, 0.2) is 48.5 Å². The first kappa shape index (κ1) is 16.4. The van der Waals surface area contributed by atoms with E-state index in [0.717, 1.165) is 17.8 Å². The summed E-state index contributed by atoms with van der Waals surface area (Å²) in [5.74, 6) is 0.675. The van der Waals surface area contributed by atoms with E-state index in [4.69, 9.17) is 4.74 Å². The van der Waals surface area contributed by atoms with Gasteiger partial charge in [-0.15, -0.1) is 0 Å². The number of nitrogens with one attached hydrogen (secondary N) is 1. The lowest BCUT2D eigenvalue weighted by atomic mass is 10.1. The highest BCUT2D eigenvalue weighted by Crippen LogP contribution is 2.31. The number of amides is 1. The first-order valence-electron chi connectivity index (χ1n) is 8.44. The molecule has 0 aromatic heterocycles. The second-order valence-electron chi connectivity index (χ2n) is 6.52. The van der Waals surface area contributed by atoms with E-state index in [2.05, 4.69) is 35.3 Å².